The molecule has 148 valence electrons. The van der Waals surface area contributed by atoms with Gasteiger partial charge < -0.3 is 14.6 Å². The zero-order valence-corrected chi connectivity index (χ0v) is 16.2. The van der Waals surface area contributed by atoms with Gasteiger partial charge in [-0.15, -0.1) is 0 Å². The van der Waals surface area contributed by atoms with Gasteiger partial charge in [-0.05, 0) is 17.5 Å². The fourth-order valence-electron chi connectivity index (χ4n) is 3.72. The lowest BCUT2D eigenvalue weighted by atomic mass is 10.1. The van der Waals surface area contributed by atoms with E-state index in [0.29, 0.717) is 40.9 Å². The average molecular weight is 410 g/mol. The van der Waals surface area contributed by atoms with Crippen molar-refractivity contribution in [2.75, 3.05) is 19.8 Å². The summed E-state index contributed by atoms with van der Waals surface area (Å²) in [5.74, 6) is 0.950. The fourth-order valence-corrected chi connectivity index (χ4v) is 5.31. The van der Waals surface area contributed by atoms with E-state index in [1.54, 1.807) is 35.0 Å². The SMILES string of the molecule is O=S(=O)(c1cccc2ccccc12)c1nn2c3c(cc(OCCO)cc13)OCC2. The van der Waals surface area contributed by atoms with Crippen LogP contribution in [0.15, 0.2) is 64.5 Å². The number of rotatable bonds is 5. The van der Waals surface area contributed by atoms with E-state index in [1.165, 1.54) is 0 Å². The van der Waals surface area contributed by atoms with Gasteiger partial charge in [-0.1, -0.05) is 36.4 Å². The van der Waals surface area contributed by atoms with Crippen LogP contribution in [0.3, 0.4) is 0 Å². The molecule has 0 radical (unpaired) electrons. The highest BCUT2D eigenvalue weighted by atomic mass is 32.2. The molecule has 1 N–H and O–H groups in total. The molecule has 5 rings (SSSR count). The number of aliphatic hydroxyl groups is 1. The predicted octanol–water partition coefficient (Wildman–Crippen LogP) is 2.79. The van der Waals surface area contributed by atoms with Gasteiger partial charge in [-0.3, -0.25) is 4.68 Å². The Morgan fingerprint density at radius 3 is 2.79 bits per heavy atom. The van der Waals surface area contributed by atoms with E-state index in [1.807, 2.05) is 24.3 Å². The maximum atomic E-state index is 13.7. The molecule has 0 saturated heterocycles. The second kappa shape index (κ2) is 6.75. The lowest BCUT2D eigenvalue weighted by Gasteiger charge is -2.16. The molecule has 0 saturated carbocycles. The summed E-state index contributed by atoms with van der Waals surface area (Å²) in [5.41, 5.74) is 0.631. The Bertz CT molecular complexity index is 1340. The maximum absolute atomic E-state index is 13.7. The van der Waals surface area contributed by atoms with E-state index in [0.717, 1.165) is 5.39 Å². The number of sulfone groups is 1. The summed E-state index contributed by atoms with van der Waals surface area (Å²) in [6, 6.07) is 15.9. The number of ether oxygens (including phenoxy) is 2. The minimum absolute atomic E-state index is 0.0231. The molecule has 1 aromatic heterocycles. The molecule has 8 heteroatoms. The monoisotopic (exact) mass is 410 g/mol. The number of benzene rings is 3. The maximum Gasteiger partial charge on any atom is 0.226 e. The number of hydrogen-bond acceptors (Lipinski definition) is 6. The summed E-state index contributed by atoms with van der Waals surface area (Å²) in [7, 11) is -3.90. The molecule has 3 aromatic carbocycles. The first-order valence-electron chi connectivity index (χ1n) is 9.23. The van der Waals surface area contributed by atoms with E-state index in [4.69, 9.17) is 14.6 Å². The first-order valence-corrected chi connectivity index (χ1v) is 10.7. The van der Waals surface area contributed by atoms with Gasteiger partial charge >= 0.3 is 0 Å². The Balaban J connectivity index is 1.77. The van der Waals surface area contributed by atoms with Gasteiger partial charge in [0.1, 0.15) is 30.2 Å². The zero-order chi connectivity index (χ0) is 20.0. The molecule has 2 heterocycles. The molecule has 0 bridgehead atoms. The van der Waals surface area contributed by atoms with Gasteiger partial charge in [-0.25, -0.2) is 8.42 Å². The van der Waals surface area contributed by atoms with Gasteiger partial charge in [0.05, 0.1) is 18.0 Å². The van der Waals surface area contributed by atoms with Crippen LogP contribution < -0.4 is 9.47 Å². The van der Waals surface area contributed by atoms with Crippen molar-refractivity contribution in [3.05, 3.63) is 54.6 Å². The van der Waals surface area contributed by atoms with Gasteiger partial charge in [0.15, 0.2) is 5.03 Å². The Hall–Kier alpha value is -3.10. The van der Waals surface area contributed by atoms with E-state index in [-0.39, 0.29) is 23.1 Å². The summed E-state index contributed by atoms with van der Waals surface area (Å²) >= 11 is 0. The summed E-state index contributed by atoms with van der Waals surface area (Å²) < 4.78 is 40.2. The molecule has 0 aliphatic carbocycles. The van der Waals surface area contributed by atoms with Crippen molar-refractivity contribution in [2.45, 2.75) is 16.5 Å². The van der Waals surface area contributed by atoms with E-state index in [2.05, 4.69) is 5.10 Å². The Morgan fingerprint density at radius 1 is 1.10 bits per heavy atom. The quantitative estimate of drug-likeness (QED) is 0.544. The highest BCUT2D eigenvalue weighted by Gasteiger charge is 2.30. The highest BCUT2D eigenvalue weighted by molar-refractivity contribution is 7.91. The van der Waals surface area contributed by atoms with Crippen LogP contribution in [0.25, 0.3) is 21.7 Å². The zero-order valence-electron chi connectivity index (χ0n) is 15.4. The number of hydrogen-bond donors (Lipinski definition) is 1. The van der Waals surface area contributed by atoms with Crippen molar-refractivity contribution < 1.29 is 23.0 Å². The van der Waals surface area contributed by atoms with Crippen LogP contribution in [-0.2, 0) is 16.4 Å². The molecule has 7 nitrogen and oxygen atoms in total. The van der Waals surface area contributed by atoms with Crippen LogP contribution >= 0.6 is 0 Å². The molecule has 0 amide bonds. The minimum atomic E-state index is -3.90. The van der Waals surface area contributed by atoms with E-state index in [9.17, 15) is 8.42 Å². The normalized spacial score (nSPS) is 13.6. The number of nitrogens with zero attached hydrogens (tertiary/aromatic N) is 2. The summed E-state index contributed by atoms with van der Waals surface area (Å²) in [4.78, 5) is 0.213. The molecule has 0 atom stereocenters. The first-order chi connectivity index (χ1) is 14.1. The third-order valence-corrected chi connectivity index (χ3v) is 6.71. The number of aromatic nitrogens is 2. The Morgan fingerprint density at radius 2 is 1.93 bits per heavy atom. The standard InChI is InChI=1S/C21H18N2O5S/c24-9-11-27-15-12-17-20-18(13-15)28-10-8-23(20)22-21(17)29(25,26)19-7-3-5-14-4-1-2-6-16(14)19/h1-7,12-13,24H,8-11H2. The van der Waals surface area contributed by atoms with Gasteiger partial charge in [0.25, 0.3) is 0 Å². The highest BCUT2D eigenvalue weighted by Crippen LogP contribution is 2.39. The second-order valence-corrected chi connectivity index (χ2v) is 8.58. The lowest BCUT2D eigenvalue weighted by molar-refractivity contribution is 0.200. The molecule has 0 spiro atoms. The van der Waals surface area contributed by atoms with Crippen LogP contribution in [0.2, 0.25) is 0 Å². The van der Waals surface area contributed by atoms with Gasteiger partial charge in [0, 0.05) is 16.8 Å². The third-order valence-electron chi connectivity index (χ3n) is 4.96. The number of aliphatic hydroxyl groups excluding tert-OH is 1. The Kier molecular flexibility index (Phi) is 4.18. The predicted molar refractivity (Wildman–Crippen MR) is 107 cm³/mol. The molecule has 0 fully saturated rings. The molecule has 1 aliphatic rings. The van der Waals surface area contributed by atoms with E-state index >= 15 is 0 Å². The molecule has 29 heavy (non-hydrogen) atoms. The van der Waals surface area contributed by atoms with Crippen LogP contribution in [0.4, 0.5) is 0 Å². The van der Waals surface area contributed by atoms with Crippen LogP contribution in [0.5, 0.6) is 11.5 Å². The number of fused-ring (bicyclic) bond motifs is 1. The fraction of sp³-hybridized carbons (Fsp3) is 0.190. The van der Waals surface area contributed by atoms with Crippen molar-refractivity contribution in [2.24, 2.45) is 0 Å². The van der Waals surface area contributed by atoms with Gasteiger partial charge in [0.2, 0.25) is 9.84 Å². The van der Waals surface area contributed by atoms with Crippen molar-refractivity contribution in [1.29, 1.82) is 0 Å². The molecule has 1 aliphatic heterocycles. The second-order valence-electron chi connectivity index (χ2n) is 6.75. The van der Waals surface area contributed by atoms with Crippen molar-refractivity contribution in [1.82, 2.24) is 9.78 Å². The van der Waals surface area contributed by atoms with Crippen LogP contribution in [-0.4, -0.2) is 43.1 Å². The van der Waals surface area contributed by atoms with E-state index < -0.39 is 9.84 Å². The van der Waals surface area contributed by atoms with Crippen LogP contribution in [0, 0.1) is 0 Å². The third kappa shape index (κ3) is 2.83. The Labute approximate surface area is 167 Å². The first kappa shape index (κ1) is 18.0. The van der Waals surface area contributed by atoms with Crippen molar-refractivity contribution >= 4 is 31.5 Å². The smallest absolute Gasteiger partial charge is 0.226 e. The van der Waals surface area contributed by atoms with Gasteiger partial charge in [-0.2, -0.15) is 5.10 Å². The molecular formula is C21H18N2O5S. The molecule has 4 aromatic rings. The van der Waals surface area contributed by atoms with Crippen molar-refractivity contribution in [3.63, 3.8) is 0 Å². The average Bonchev–Trinajstić information content (AvgIpc) is 3.13. The molecular weight excluding hydrogens is 392 g/mol. The summed E-state index contributed by atoms with van der Waals surface area (Å²) in [6.07, 6.45) is 0. The topological polar surface area (TPSA) is 90.7 Å². The van der Waals surface area contributed by atoms with Crippen molar-refractivity contribution in [3.8, 4) is 11.5 Å². The largest absolute Gasteiger partial charge is 0.491 e. The van der Waals surface area contributed by atoms with Crippen LogP contribution in [0.1, 0.15) is 0 Å². The minimum Gasteiger partial charge on any atom is -0.491 e. The lowest BCUT2D eigenvalue weighted by Crippen LogP contribution is -2.15. The summed E-state index contributed by atoms with van der Waals surface area (Å²) in [6.45, 7) is 0.811. The summed E-state index contributed by atoms with van der Waals surface area (Å²) in [5, 5.41) is 15.4. The molecule has 0 unspecified atom stereocenters.